The largest absolute Gasteiger partial charge is 0.319 e. The van der Waals surface area contributed by atoms with E-state index in [4.69, 9.17) is 11.6 Å². The Labute approximate surface area is 75.6 Å². The van der Waals surface area contributed by atoms with Crippen LogP contribution in [0, 0.1) is 6.92 Å². The molecule has 2 nitrogen and oxygen atoms in total. The van der Waals surface area contributed by atoms with E-state index in [1.807, 2.05) is 14.0 Å². The summed E-state index contributed by atoms with van der Waals surface area (Å²) in [5.41, 5.74) is 0.947. The molecular weight excluding hydrogens is 180 g/mol. The van der Waals surface area contributed by atoms with Crippen molar-refractivity contribution >= 4 is 22.9 Å². The number of halogens is 1. The lowest BCUT2D eigenvalue weighted by molar-refractivity contribution is 0.786. The number of nitrogens with one attached hydrogen (secondary N) is 1. The first-order valence-corrected chi connectivity index (χ1v) is 4.70. The number of likely N-dealkylation sites (N-methyl/N-ethyl adjacent to an activating group) is 1. The van der Waals surface area contributed by atoms with Crippen LogP contribution in [0.3, 0.4) is 0 Å². The zero-order valence-electron chi connectivity index (χ0n) is 6.65. The second-order valence-electron chi connectivity index (χ2n) is 2.32. The van der Waals surface area contributed by atoms with Gasteiger partial charge in [0.15, 0.2) is 0 Å². The van der Waals surface area contributed by atoms with Crippen molar-refractivity contribution in [3.05, 3.63) is 15.0 Å². The van der Waals surface area contributed by atoms with E-state index in [2.05, 4.69) is 10.3 Å². The molecule has 0 saturated heterocycles. The molecule has 0 fully saturated rings. The van der Waals surface area contributed by atoms with E-state index < -0.39 is 0 Å². The number of rotatable bonds is 3. The summed E-state index contributed by atoms with van der Waals surface area (Å²) in [5.74, 6) is 0. The van der Waals surface area contributed by atoms with Gasteiger partial charge in [-0.05, 0) is 14.0 Å². The van der Waals surface area contributed by atoms with Gasteiger partial charge in [-0.3, -0.25) is 0 Å². The Hall–Kier alpha value is -0.120. The Morgan fingerprint density at radius 1 is 1.64 bits per heavy atom. The predicted molar refractivity (Wildman–Crippen MR) is 49.5 cm³/mol. The average Bonchev–Trinajstić information content (AvgIpc) is 2.28. The molecule has 1 aromatic rings. The summed E-state index contributed by atoms with van der Waals surface area (Å²) in [6.07, 6.45) is 0.967. The molecule has 1 aromatic heterocycles. The normalized spacial score (nSPS) is 10.5. The van der Waals surface area contributed by atoms with Gasteiger partial charge in [0.25, 0.3) is 0 Å². The molecule has 0 aliphatic rings. The predicted octanol–water partition coefficient (Wildman–Crippen LogP) is 1.87. The number of nitrogens with zero attached hydrogens (tertiary/aromatic N) is 1. The number of hydrogen-bond donors (Lipinski definition) is 1. The first-order valence-electron chi connectivity index (χ1n) is 3.50. The maximum atomic E-state index is 5.84. The molecule has 0 aliphatic carbocycles. The summed E-state index contributed by atoms with van der Waals surface area (Å²) in [4.78, 5) is 4.29. The van der Waals surface area contributed by atoms with Crippen LogP contribution in [0.15, 0.2) is 0 Å². The summed E-state index contributed by atoms with van der Waals surface area (Å²) in [5, 5.41) is 4.18. The van der Waals surface area contributed by atoms with Crippen molar-refractivity contribution in [1.82, 2.24) is 10.3 Å². The van der Waals surface area contributed by atoms with Gasteiger partial charge in [-0.2, -0.15) is 0 Å². The van der Waals surface area contributed by atoms with Crippen molar-refractivity contribution in [3.8, 4) is 0 Å². The Balaban J connectivity index is 2.58. The summed E-state index contributed by atoms with van der Waals surface area (Å²) in [6, 6.07) is 0. The fourth-order valence-corrected chi connectivity index (χ4v) is 1.87. The molecule has 0 spiro atoms. The highest BCUT2D eigenvalue weighted by atomic mass is 35.5. The summed E-state index contributed by atoms with van der Waals surface area (Å²) < 4.78 is 0.816. The van der Waals surface area contributed by atoms with Gasteiger partial charge in [0.2, 0.25) is 0 Å². The van der Waals surface area contributed by atoms with Crippen molar-refractivity contribution in [2.45, 2.75) is 13.3 Å². The molecular formula is C7H11ClN2S. The third kappa shape index (κ3) is 2.43. The third-order valence-corrected chi connectivity index (χ3v) is 2.88. The van der Waals surface area contributed by atoms with E-state index in [1.54, 1.807) is 11.3 Å². The molecule has 62 valence electrons. The van der Waals surface area contributed by atoms with E-state index in [9.17, 15) is 0 Å². The summed E-state index contributed by atoms with van der Waals surface area (Å²) in [6.45, 7) is 2.89. The van der Waals surface area contributed by atoms with Crippen LogP contribution in [-0.2, 0) is 6.42 Å². The third-order valence-electron chi connectivity index (χ3n) is 1.37. The second-order valence-corrected chi connectivity index (χ2v) is 4.01. The van der Waals surface area contributed by atoms with Crippen molar-refractivity contribution < 1.29 is 0 Å². The van der Waals surface area contributed by atoms with Crippen molar-refractivity contribution in [2.24, 2.45) is 0 Å². The highest BCUT2D eigenvalue weighted by Gasteiger charge is 2.03. The van der Waals surface area contributed by atoms with Crippen molar-refractivity contribution in [3.63, 3.8) is 0 Å². The Morgan fingerprint density at radius 3 is 2.82 bits per heavy atom. The Bertz CT molecular complexity index is 215. The van der Waals surface area contributed by atoms with Gasteiger partial charge in [0, 0.05) is 13.0 Å². The van der Waals surface area contributed by atoms with Crippen LogP contribution in [0.2, 0.25) is 4.34 Å². The first kappa shape index (κ1) is 8.97. The van der Waals surface area contributed by atoms with Gasteiger partial charge in [0.1, 0.15) is 4.34 Å². The van der Waals surface area contributed by atoms with E-state index in [1.165, 1.54) is 0 Å². The zero-order chi connectivity index (χ0) is 8.27. The maximum absolute atomic E-state index is 5.84. The Kier molecular flexibility index (Phi) is 3.30. The molecule has 11 heavy (non-hydrogen) atoms. The van der Waals surface area contributed by atoms with Crippen molar-refractivity contribution in [1.29, 1.82) is 0 Å². The zero-order valence-corrected chi connectivity index (χ0v) is 8.22. The van der Waals surface area contributed by atoms with Gasteiger partial charge in [0.05, 0.1) is 10.7 Å². The molecule has 1 N–H and O–H groups in total. The molecule has 0 atom stereocenters. The van der Waals surface area contributed by atoms with E-state index >= 15 is 0 Å². The molecule has 0 unspecified atom stereocenters. The standard InChI is InChI=1S/C7H11ClN2S/c1-5-7(8)11-6(10-5)3-4-9-2/h9H,3-4H2,1-2H3. The molecule has 4 heteroatoms. The van der Waals surface area contributed by atoms with Crippen LogP contribution < -0.4 is 5.32 Å². The lowest BCUT2D eigenvalue weighted by atomic mass is 10.4. The lowest BCUT2D eigenvalue weighted by Crippen LogP contribution is -2.09. The van der Waals surface area contributed by atoms with Crippen molar-refractivity contribution in [2.75, 3.05) is 13.6 Å². The minimum Gasteiger partial charge on any atom is -0.319 e. The van der Waals surface area contributed by atoms with Gasteiger partial charge in [-0.15, -0.1) is 11.3 Å². The molecule has 0 saturated carbocycles. The molecule has 0 aliphatic heterocycles. The van der Waals surface area contributed by atoms with E-state index in [0.717, 1.165) is 28.0 Å². The Morgan fingerprint density at radius 2 is 2.36 bits per heavy atom. The highest BCUT2D eigenvalue weighted by Crippen LogP contribution is 2.23. The van der Waals surface area contributed by atoms with E-state index in [-0.39, 0.29) is 0 Å². The van der Waals surface area contributed by atoms with Crippen LogP contribution in [0.4, 0.5) is 0 Å². The summed E-state index contributed by atoms with van der Waals surface area (Å²) >= 11 is 7.41. The van der Waals surface area contributed by atoms with Gasteiger partial charge < -0.3 is 5.32 Å². The number of aryl methyl sites for hydroxylation is 1. The van der Waals surface area contributed by atoms with Crippen LogP contribution in [-0.4, -0.2) is 18.6 Å². The molecule has 1 heterocycles. The molecule has 0 bridgehead atoms. The topological polar surface area (TPSA) is 24.9 Å². The fourth-order valence-electron chi connectivity index (χ4n) is 0.770. The lowest BCUT2D eigenvalue weighted by Gasteiger charge is -1.92. The van der Waals surface area contributed by atoms with Gasteiger partial charge in [-0.25, -0.2) is 4.98 Å². The number of aromatic nitrogens is 1. The summed E-state index contributed by atoms with van der Waals surface area (Å²) in [7, 11) is 1.93. The monoisotopic (exact) mass is 190 g/mol. The van der Waals surface area contributed by atoms with Gasteiger partial charge >= 0.3 is 0 Å². The quantitative estimate of drug-likeness (QED) is 0.787. The molecule has 1 rings (SSSR count). The van der Waals surface area contributed by atoms with Crippen LogP contribution >= 0.6 is 22.9 Å². The molecule has 0 amide bonds. The van der Waals surface area contributed by atoms with Gasteiger partial charge in [-0.1, -0.05) is 11.6 Å². The SMILES string of the molecule is CNCCc1nc(C)c(Cl)s1. The minimum absolute atomic E-state index is 0.816. The van der Waals surface area contributed by atoms with E-state index in [0.29, 0.717) is 0 Å². The highest BCUT2D eigenvalue weighted by molar-refractivity contribution is 7.16. The first-order chi connectivity index (χ1) is 5.24. The molecule has 0 radical (unpaired) electrons. The van der Waals surface area contributed by atoms with Crippen LogP contribution in [0.1, 0.15) is 10.7 Å². The fraction of sp³-hybridized carbons (Fsp3) is 0.571. The van der Waals surface area contributed by atoms with Crippen LogP contribution in [0.5, 0.6) is 0 Å². The maximum Gasteiger partial charge on any atom is 0.116 e. The van der Waals surface area contributed by atoms with Crippen LogP contribution in [0.25, 0.3) is 0 Å². The number of hydrogen-bond acceptors (Lipinski definition) is 3. The smallest absolute Gasteiger partial charge is 0.116 e. The number of thiazole rings is 1. The average molecular weight is 191 g/mol. The molecule has 0 aromatic carbocycles. The second kappa shape index (κ2) is 4.04. The minimum atomic E-state index is 0.816.